The molecule has 0 aliphatic heterocycles. The summed E-state index contributed by atoms with van der Waals surface area (Å²) in [6, 6.07) is 8.68. The molecule has 3 atom stereocenters. The summed E-state index contributed by atoms with van der Waals surface area (Å²) in [4.78, 5) is 0. The molecular formula is C16H24O. The molecule has 0 radical (unpaired) electrons. The molecule has 1 N–H and O–H groups in total. The third-order valence-electron chi connectivity index (χ3n) is 4.27. The Balaban J connectivity index is 1.97. The maximum Gasteiger partial charge on any atom is 0.0574 e. The first kappa shape index (κ1) is 12.6. The zero-order valence-electron chi connectivity index (χ0n) is 11.0. The van der Waals surface area contributed by atoms with Gasteiger partial charge in [0.2, 0.25) is 0 Å². The van der Waals surface area contributed by atoms with Crippen LogP contribution in [0.5, 0.6) is 0 Å². The van der Waals surface area contributed by atoms with Crippen LogP contribution in [0.4, 0.5) is 0 Å². The predicted molar refractivity (Wildman–Crippen MR) is 72.0 cm³/mol. The van der Waals surface area contributed by atoms with Gasteiger partial charge in [-0.25, -0.2) is 0 Å². The molecule has 1 nitrogen and oxygen atoms in total. The summed E-state index contributed by atoms with van der Waals surface area (Å²) < 4.78 is 0. The topological polar surface area (TPSA) is 20.2 Å². The van der Waals surface area contributed by atoms with Crippen molar-refractivity contribution in [2.45, 2.75) is 52.1 Å². The highest BCUT2D eigenvalue weighted by Crippen LogP contribution is 2.29. The minimum absolute atomic E-state index is 0.113. The first-order valence-corrected chi connectivity index (χ1v) is 6.95. The van der Waals surface area contributed by atoms with Crippen molar-refractivity contribution in [3.8, 4) is 0 Å². The molecule has 94 valence electrons. The van der Waals surface area contributed by atoms with Gasteiger partial charge in [0.1, 0.15) is 0 Å². The van der Waals surface area contributed by atoms with Crippen LogP contribution >= 0.6 is 0 Å². The van der Waals surface area contributed by atoms with Crippen LogP contribution in [0, 0.1) is 11.8 Å². The molecule has 17 heavy (non-hydrogen) atoms. The average Bonchev–Trinajstić information content (AvgIpc) is 2.38. The van der Waals surface area contributed by atoms with E-state index >= 15 is 0 Å². The number of aliphatic hydroxyl groups excluding tert-OH is 1. The predicted octanol–water partition coefficient (Wildman–Crippen LogP) is 3.59. The summed E-state index contributed by atoms with van der Waals surface area (Å²) in [7, 11) is 0. The van der Waals surface area contributed by atoms with E-state index in [9.17, 15) is 5.11 Å². The Bertz CT molecular complexity index is 358. The summed E-state index contributed by atoms with van der Waals surface area (Å²) in [5, 5.41) is 10.3. The first-order valence-electron chi connectivity index (χ1n) is 6.95. The van der Waals surface area contributed by atoms with Gasteiger partial charge in [0, 0.05) is 0 Å². The fraction of sp³-hybridized carbons (Fsp3) is 0.625. The van der Waals surface area contributed by atoms with Crippen molar-refractivity contribution in [1.29, 1.82) is 0 Å². The molecule has 3 unspecified atom stereocenters. The highest BCUT2D eigenvalue weighted by Gasteiger charge is 2.25. The van der Waals surface area contributed by atoms with Gasteiger partial charge in [0.25, 0.3) is 0 Å². The molecule has 0 fully saturated rings. The molecule has 1 aromatic carbocycles. The Morgan fingerprint density at radius 3 is 2.71 bits per heavy atom. The molecule has 1 aliphatic carbocycles. The lowest BCUT2D eigenvalue weighted by Gasteiger charge is -2.29. The second-order valence-corrected chi connectivity index (χ2v) is 5.59. The number of aryl methyl sites for hydroxylation is 1. The Morgan fingerprint density at radius 1 is 1.29 bits per heavy atom. The highest BCUT2D eigenvalue weighted by molar-refractivity contribution is 5.29. The standard InChI is InChI=1S/C16H24O/c1-3-12(2)10-16(17)15-9-8-13-6-4-5-7-14(13)11-15/h4-7,12,15-17H,3,8-11H2,1-2H3. The molecule has 0 saturated heterocycles. The zero-order chi connectivity index (χ0) is 12.3. The molecular weight excluding hydrogens is 208 g/mol. The Kier molecular flexibility index (Phi) is 4.22. The summed E-state index contributed by atoms with van der Waals surface area (Å²) in [5.74, 6) is 1.11. The Hall–Kier alpha value is -0.820. The number of hydrogen-bond acceptors (Lipinski definition) is 1. The summed E-state index contributed by atoms with van der Waals surface area (Å²) in [6.07, 6.45) is 5.36. The van der Waals surface area contributed by atoms with Gasteiger partial charge in [-0.05, 0) is 48.6 Å². The summed E-state index contributed by atoms with van der Waals surface area (Å²) in [6.45, 7) is 4.44. The maximum atomic E-state index is 10.3. The van der Waals surface area contributed by atoms with Gasteiger partial charge in [-0.2, -0.15) is 0 Å². The smallest absolute Gasteiger partial charge is 0.0574 e. The molecule has 0 bridgehead atoms. The number of hydrogen-bond donors (Lipinski definition) is 1. The Labute approximate surface area is 105 Å². The zero-order valence-corrected chi connectivity index (χ0v) is 11.0. The van der Waals surface area contributed by atoms with Crippen LogP contribution in [0.2, 0.25) is 0 Å². The van der Waals surface area contributed by atoms with E-state index in [0.29, 0.717) is 11.8 Å². The molecule has 0 spiro atoms. The third kappa shape index (κ3) is 3.10. The molecule has 1 aliphatic rings. The highest BCUT2D eigenvalue weighted by atomic mass is 16.3. The van der Waals surface area contributed by atoms with Crippen molar-refractivity contribution in [1.82, 2.24) is 0 Å². The van der Waals surface area contributed by atoms with E-state index in [0.717, 1.165) is 25.7 Å². The minimum Gasteiger partial charge on any atom is -0.393 e. The van der Waals surface area contributed by atoms with Gasteiger partial charge < -0.3 is 5.11 Å². The van der Waals surface area contributed by atoms with Crippen LogP contribution in [-0.4, -0.2) is 11.2 Å². The fourth-order valence-electron chi connectivity index (χ4n) is 2.83. The molecule has 1 heteroatoms. The van der Waals surface area contributed by atoms with Crippen LogP contribution < -0.4 is 0 Å². The van der Waals surface area contributed by atoms with Gasteiger partial charge in [0.05, 0.1) is 6.10 Å². The quantitative estimate of drug-likeness (QED) is 0.841. The third-order valence-corrected chi connectivity index (χ3v) is 4.27. The van der Waals surface area contributed by atoms with Crippen molar-refractivity contribution in [3.63, 3.8) is 0 Å². The molecule has 1 aromatic rings. The molecule has 0 amide bonds. The lowest BCUT2D eigenvalue weighted by Crippen LogP contribution is -2.28. The summed E-state index contributed by atoms with van der Waals surface area (Å²) >= 11 is 0. The van der Waals surface area contributed by atoms with Gasteiger partial charge in [-0.15, -0.1) is 0 Å². The molecule has 2 rings (SSSR count). The monoisotopic (exact) mass is 232 g/mol. The van der Waals surface area contributed by atoms with Crippen LogP contribution in [0.25, 0.3) is 0 Å². The van der Waals surface area contributed by atoms with E-state index in [-0.39, 0.29) is 6.10 Å². The fourth-order valence-corrected chi connectivity index (χ4v) is 2.83. The van der Waals surface area contributed by atoms with Crippen molar-refractivity contribution < 1.29 is 5.11 Å². The average molecular weight is 232 g/mol. The SMILES string of the molecule is CCC(C)CC(O)C1CCc2ccccc2C1. The van der Waals surface area contributed by atoms with Crippen LogP contribution in [0.1, 0.15) is 44.2 Å². The van der Waals surface area contributed by atoms with E-state index in [1.165, 1.54) is 17.5 Å². The minimum atomic E-state index is -0.113. The van der Waals surface area contributed by atoms with Crippen molar-refractivity contribution >= 4 is 0 Å². The van der Waals surface area contributed by atoms with Crippen LogP contribution in [-0.2, 0) is 12.8 Å². The number of fused-ring (bicyclic) bond motifs is 1. The lowest BCUT2D eigenvalue weighted by atomic mass is 9.79. The van der Waals surface area contributed by atoms with E-state index in [1.54, 1.807) is 0 Å². The second-order valence-electron chi connectivity index (χ2n) is 5.59. The van der Waals surface area contributed by atoms with E-state index in [1.807, 2.05) is 0 Å². The summed E-state index contributed by atoms with van der Waals surface area (Å²) in [5.41, 5.74) is 2.94. The van der Waals surface area contributed by atoms with Gasteiger partial charge in [0.15, 0.2) is 0 Å². The number of benzene rings is 1. The van der Waals surface area contributed by atoms with Crippen LogP contribution in [0.3, 0.4) is 0 Å². The van der Waals surface area contributed by atoms with E-state index in [2.05, 4.69) is 38.1 Å². The van der Waals surface area contributed by atoms with Crippen LogP contribution in [0.15, 0.2) is 24.3 Å². The molecule has 0 saturated carbocycles. The maximum absolute atomic E-state index is 10.3. The Morgan fingerprint density at radius 2 is 2.00 bits per heavy atom. The van der Waals surface area contributed by atoms with E-state index < -0.39 is 0 Å². The number of aliphatic hydroxyl groups is 1. The van der Waals surface area contributed by atoms with Crippen molar-refractivity contribution in [2.75, 3.05) is 0 Å². The van der Waals surface area contributed by atoms with Crippen molar-refractivity contribution in [2.24, 2.45) is 11.8 Å². The molecule has 0 heterocycles. The largest absolute Gasteiger partial charge is 0.393 e. The van der Waals surface area contributed by atoms with Gasteiger partial charge >= 0.3 is 0 Å². The van der Waals surface area contributed by atoms with Crippen molar-refractivity contribution in [3.05, 3.63) is 35.4 Å². The first-order chi connectivity index (χ1) is 8.20. The van der Waals surface area contributed by atoms with E-state index in [4.69, 9.17) is 0 Å². The normalized spacial score (nSPS) is 22.9. The van der Waals surface area contributed by atoms with Gasteiger partial charge in [-0.1, -0.05) is 44.5 Å². The molecule has 0 aromatic heterocycles. The lowest BCUT2D eigenvalue weighted by molar-refractivity contribution is 0.0761. The number of rotatable bonds is 4. The van der Waals surface area contributed by atoms with Gasteiger partial charge in [-0.3, -0.25) is 0 Å². The second kappa shape index (κ2) is 5.68.